The maximum absolute atomic E-state index is 9.41. The first-order valence-electron chi connectivity index (χ1n) is 8.51. The van der Waals surface area contributed by atoms with Crippen molar-refractivity contribution in [3.63, 3.8) is 0 Å². The molecular formula is C19H21N3OS. The highest BCUT2D eigenvalue weighted by atomic mass is 32.1. The van der Waals surface area contributed by atoms with Crippen LogP contribution in [0.3, 0.4) is 0 Å². The lowest BCUT2D eigenvalue weighted by atomic mass is 9.96. The first-order chi connectivity index (χ1) is 11.9. The molecule has 0 saturated heterocycles. The SMILES string of the molecule is OCCC(CNc1ncnc2sc3c(c12)CCC3)c1ccccc1. The number of aromatic nitrogens is 2. The summed E-state index contributed by atoms with van der Waals surface area (Å²) < 4.78 is 0. The largest absolute Gasteiger partial charge is 0.396 e. The van der Waals surface area contributed by atoms with E-state index in [0.29, 0.717) is 0 Å². The molecule has 0 saturated carbocycles. The average Bonchev–Trinajstić information content (AvgIpc) is 3.20. The van der Waals surface area contributed by atoms with E-state index in [1.165, 1.54) is 34.2 Å². The van der Waals surface area contributed by atoms with Crippen molar-refractivity contribution >= 4 is 27.4 Å². The second kappa shape index (κ2) is 6.87. The highest BCUT2D eigenvalue weighted by Crippen LogP contribution is 2.39. The van der Waals surface area contributed by atoms with E-state index in [2.05, 4.69) is 27.4 Å². The number of hydrogen-bond donors (Lipinski definition) is 2. The van der Waals surface area contributed by atoms with Gasteiger partial charge < -0.3 is 10.4 Å². The zero-order valence-corrected chi connectivity index (χ0v) is 14.4. The van der Waals surface area contributed by atoms with Crippen LogP contribution >= 0.6 is 11.3 Å². The van der Waals surface area contributed by atoms with Gasteiger partial charge in [0.15, 0.2) is 0 Å². The van der Waals surface area contributed by atoms with Gasteiger partial charge in [-0.1, -0.05) is 30.3 Å². The van der Waals surface area contributed by atoms with Gasteiger partial charge in [-0.2, -0.15) is 0 Å². The third-order valence-corrected chi connectivity index (χ3v) is 5.97. The van der Waals surface area contributed by atoms with Crippen molar-refractivity contribution in [1.29, 1.82) is 0 Å². The summed E-state index contributed by atoms with van der Waals surface area (Å²) in [6.07, 6.45) is 5.94. The number of aryl methyl sites for hydroxylation is 2. The molecule has 5 heteroatoms. The molecule has 1 aromatic carbocycles. The number of anilines is 1. The summed E-state index contributed by atoms with van der Waals surface area (Å²) in [5.74, 6) is 1.21. The van der Waals surface area contributed by atoms with Crippen LogP contribution in [0, 0.1) is 0 Å². The fourth-order valence-corrected chi connectivity index (χ4v) is 4.78. The second-order valence-electron chi connectivity index (χ2n) is 6.26. The van der Waals surface area contributed by atoms with Gasteiger partial charge in [0.1, 0.15) is 17.0 Å². The number of thiophene rings is 1. The van der Waals surface area contributed by atoms with Gasteiger partial charge in [-0.25, -0.2) is 9.97 Å². The number of nitrogens with zero attached hydrogens (tertiary/aromatic N) is 2. The maximum atomic E-state index is 9.41. The fourth-order valence-electron chi connectivity index (χ4n) is 3.55. The monoisotopic (exact) mass is 339 g/mol. The van der Waals surface area contributed by atoms with E-state index in [1.807, 2.05) is 29.5 Å². The van der Waals surface area contributed by atoms with E-state index in [9.17, 15) is 5.11 Å². The van der Waals surface area contributed by atoms with Crippen LogP contribution in [0.25, 0.3) is 10.2 Å². The fraction of sp³-hybridized carbons (Fsp3) is 0.368. The third kappa shape index (κ3) is 2.89. The molecule has 4 nitrogen and oxygen atoms in total. The molecule has 1 atom stereocenters. The summed E-state index contributed by atoms with van der Waals surface area (Å²) in [6.45, 7) is 0.954. The molecular weight excluding hydrogens is 318 g/mol. The van der Waals surface area contributed by atoms with Gasteiger partial charge in [0.05, 0.1) is 5.39 Å². The Hall–Kier alpha value is -1.98. The zero-order valence-electron chi connectivity index (χ0n) is 13.5. The summed E-state index contributed by atoms with van der Waals surface area (Å²) in [5, 5.41) is 14.2. The summed E-state index contributed by atoms with van der Waals surface area (Å²) in [7, 11) is 0. The van der Waals surface area contributed by atoms with Crippen LogP contribution < -0.4 is 5.32 Å². The number of rotatable bonds is 6. The minimum atomic E-state index is 0.189. The Kier molecular flexibility index (Phi) is 4.45. The van der Waals surface area contributed by atoms with Gasteiger partial charge in [-0.3, -0.25) is 0 Å². The molecule has 3 aromatic rings. The summed E-state index contributed by atoms with van der Waals surface area (Å²) >= 11 is 1.81. The Morgan fingerprint density at radius 3 is 2.88 bits per heavy atom. The Balaban J connectivity index is 1.60. The van der Waals surface area contributed by atoms with Crippen molar-refractivity contribution in [2.45, 2.75) is 31.6 Å². The van der Waals surface area contributed by atoms with Crippen molar-refractivity contribution in [3.05, 3.63) is 52.7 Å². The first kappa shape index (κ1) is 15.5. The number of aliphatic hydroxyl groups is 1. The quantitative estimate of drug-likeness (QED) is 0.718. The predicted molar refractivity (Wildman–Crippen MR) is 98.8 cm³/mol. The van der Waals surface area contributed by atoms with Gasteiger partial charge in [-0.05, 0) is 36.8 Å². The molecule has 1 aliphatic carbocycles. The molecule has 0 radical (unpaired) electrons. The Morgan fingerprint density at radius 1 is 1.17 bits per heavy atom. The molecule has 124 valence electrons. The lowest BCUT2D eigenvalue weighted by molar-refractivity contribution is 0.277. The van der Waals surface area contributed by atoms with Gasteiger partial charge >= 0.3 is 0 Å². The lowest BCUT2D eigenvalue weighted by Crippen LogP contribution is -2.15. The Bertz CT molecular complexity index is 831. The minimum absolute atomic E-state index is 0.189. The molecule has 1 aliphatic rings. The number of aliphatic hydroxyl groups excluding tert-OH is 1. The number of benzene rings is 1. The zero-order chi connectivity index (χ0) is 16.4. The molecule has 0 amide bonds. The van der Waals surface area contributed by atoms with Crippen molar-refractivity contribution in [2.24, 2.45) is 0 Å². The molecule has 2 heterocycles. The Morgan fingerprint density at radius 2 is 2.04 bits per heavy atom. The van der Waals surface area contributed by atoms with E-state index in [0.717, 1.165) is 30.0 Å². The highest BCUT2D eigenvalue weighted by molar-refractivity contribution is 7.19. The molecule has 2 N–H and O–H groups in total. The molecule has 1 unspecified atom stereocenters. The Labute approximate surface area is 145 Å². The summed E-state index contributed by atoms with van der Waals surface area (Å²) in [4.78, 5) is 11.5. The van der Waals surface area contributed by atoms with Gasteiger partial charge in [0.25, 0.3) is 0 Å². The smallest absolute Gasteiger partial charge is 0.138 e. The summed E-state index contributed by atoms with van der Waals surface area (Å²) in [5.41, 5.74) is 2.69. The van der Waals surface area contributed by atoms with Crippen molar-refractivity contribution in [1.82, 2.24) is 9.97 Å². The molecule has 0 fully saturated rings. The van der Waals surface area contributed by atoms with E-state index in [-0.39, 0.29) is 12.5 Å². The molecule has 2 aromatic heterocycles. The second-order valence-corrected chi connectivity index (χ2v) is 7.34. The number of hydrogen-bond acceptors (Lipinski definition) is 5. The molecule has 0 aliphatic heterocycles. The molecule has 0 spiro atoms. The number of fused-ring (bicyclic) bond motifs is 3. The van der Waals surface area contributed by atoms with E-state index in [1.54, 1.807) is 6.33 Å². The topological polar surface area (TPSA) is 58.0 Å². The van der Waals surface area contributed by atoms with Crippen molar-refractivity contribution < 1.29 is 5.11 Å². The van der Waals surface area contributed by atoms with Crippen molar-refractivity contribution in [3.8, 4) is 0 Å². The van der Waals surface area contributed by atoms with Crippen LogP contribution in [-0.4, -0.2) is 28.2 Å². The normalized spacial score (nSPS) is 14.7. The standard InChI is InChI=1S/C19H21N3OS/c23-10-9-14(13-5-2-1-3-6-13)11-20-18-17-15-7-4-8-16(15)24-19(17)22-12-21-18/h1-3,5-6,12,14,23H,4,7-11H2,(H,20,21,22). The van der Waals surface area contributed by atoms with Crippen LogP contribution in [0.15, 0.2) is 36.7 Å². The average molecular weight is 339 g/mol. The first-order valence-corrected chi connectivity index (χ1v) is 9.33. The van der Waals surface area contributed by atoms with Crippen LogP contribution in [0.2, 0.25) is 0 Å². The molecule has 0 bridgehead atoms. The summed E-state index contributed by atoms with van der Waals surface area (Å²) in [6, 6.07) is 10.4. The highest BCUT2D eigenvalue weighted by Gasteiger charge is 2.21. The van der Waals surface area contributed by atoms with Crippen LogP contribution in [0.1, 0.15) is 34.8 Å². The predicted octanol–water partition coefficient (Wildman–Crippen LogP) is 3.76. The van der Waals surface area contributed by atoms with E-state index in [4.69, 9.17) is 0 Å². The lowest BCUT2D eigenvalue weighted by Gasteiger charge is -2.18. The van der Waals surface area contributed by atoms with Gasteiger partial charge in [0.2, 0.25) is 0 Å². The van der Waals surface area contributed by atoms with E-state index < -0.39 is 0 Å². The van der Waals surface area contributed by atoms with E-state index >= 15 is 0 Å². The molecule has 4 rings (SSSR count). The van der Waals surface area contributed by atoms with Crippen molar-refractivity contribution in [2.75, 3.05) is 18.5 Å². The number of nitrogens with one attached hydrogen (secondary N) is 1. The maximum Gasteiger partial charge on any atom is 0.138 e. The third-order valence-electron chi connectivity index (χ3n) is 4.77. The molecule has 24 heavy (non-hydrogen) atoms. The van der Waals surface area contributed by atoms with Gasteiger partial charge in [0, 0.05) is 23.9 Å². The van der Waals surface area contributed by atoms with Gasteiger partial charge in [-0.15, -0.1) is 11.3 Å². The van der Waals surface area contributed by atoms with Crippen LogP contribution in [0.4, 0.5) is 5.82 Å². The minimum Gasteiger partial charge on any atom is -0.396 e. The van der Waals surface area contributed by atoms with Crippen LogP contribution in [-0.2, 0) is 12.8 Å². The van der Waals surface area contributed by atoms with Crippen LogP contribution in [0.5, 0.6) is 0 Å².